The van der Waals surface area contributed by atoms with Crippen molar-refractivity contribution in [2.45, 2.75) is 25.3 Å². The Hall–Kier alpha value is -1.92. The molecule has 0 atom stereocenters. The summed E-state index contributed by atoms with van der Waals surface area (Å²) in [5.74, 6) is -0.406. The summed E-state index contributed by atoms with van der Waals surface area (Å²) in [6.45, 7) is 3.62. The van der Waals surface area contributed by atoms with E-state index in [1.165, 1.54) is 18.2 Å². The van der Waals surface area contributed by atoms with Gasteiger partial charge in [0.1, 0.15) is 5.82 Å². The van der Waals surface area contributed by atoms with E-state index in [1.54, 1.807) is 32.0 Å². The van der Waals surface area contributed by atoms with Crippen molar-refractivity contribution >= 4 is 15.7 Å². The van der Waals surface area contributed by atoms with E-state index in [9.17, 15) is 12.8 Å². The molecule has 0 aromatic heterocycles. The van der Waals surface area contributed by atoms with Gasteiger partial charge in [0.15, 0.2) is 0 Å². The first-order valence-electron chi connectivity index (χ1n) is 6.42. The Labute approximate surface area is 123 Å². The van der Waals surface area contributed by atoms with Gasteiger partial charge in [-0.25, -0.2) is 12.8 Å². The zero-order valence-electron chi connectivity index (χ0n) is 11.9. The monoisotopic (exact) mass is 308 g/mol. The van der Waals surface area contributed by atoms with Gasteiger partial charge in [-0.2, -0.15) is 0 Å². The molecule has 112 valence electrons. The van der Waals surface area contributed by atoms with Crippen molar-refractivity contribution in [3.63, 3.8) is 0 Å². The summed E-state index contributed by atoms with van der Waals surface area (Å²) in [4.78, 5) is 0.175. The Balaban J connectivity index is 2.43. The van der Waals surface area contributed by atoms with E-state index in [0.717, 1.165) is 5.56 Å². The summed E-state index contributed by atoms with van der Waals surface area (Å²) < 4.78 is 40.5. The van der Waals surface area contributed by atoms with Crippen LogP contribution in [0, 0.1) is 19.7 Å². The molecule has 0 spiro atoms. The molecule has 0 fully saturated rings. The van der Waals surface area contributed by atoms with Crippen molar-refractivity contribution in [1.29, 1.82) is 0 Å². The second kappa shape index (κ2) is 5.83. The van der Waals surface area contributed by atoms with Crippen molar-refractivity contribution in [3.05, 3.63) is 58.9 Å². The minimum absolute atomic E-state index is 0.175. The molecule has 0 saturated carbocycles. The van der Waals surface area contributed by atoms with E-state index < -0.39 is 15.8 Å². The number of anilines is 1. The van der Waals surface area contributed by atoms with Gasteiger partial charge in [-0.1, -0.05) is 12.1 Å². The molecule has 2 rings (SSSR count). The molecule has 2 aromatic carbocycles. The van der Waals surface area contributed by atoms with Gasteiger partial charge < -0.3 is 5.73 Å². The molecule has 6 heteroatoms. The number of hydrogen-bond acceptors (Lipinski definition) is 3. The van der Waals surface area contributed by atoms with E-state index in [1.807, 2.05) is 0 Å². The van der Waals surface area contributed by atoms with Crippen LogP contribution in [0.2, 0.25) is 0 Å². The molecule has 0 unspecified atom stereocenters. The Bertz CT molecular complexity index is 773. The third kappa shape index (κ3) is 3.40. The predicted octanol–water partition coefficient (Wildman–Crippen LogP) is 2.70. The highest BCUT2D eigenvalue weighted by molar-refractivity contribution is 7.92. The van der Waals surface area contributed by atoms with Crippen LogP contribution in [0.4, 0.5) is 10.1 Å². The number of aryl methyl sites for hydroxylation is 2. The van der Waals surface area contributed by atoms with Gasteiger partial charge in [-0.05, 0) is 54.8 Å². The Morgan fingerprint density at radius 1 is 1.10 bits per heavy atom. The molecular formula is C15H17FN2O2S. The summed E-state index contributed by atoms with van der Waals surface area (Å²) >= 11 is 0. The van der Waals surface area contributed by atoms with Gasteiger partial charge in [0.2, 0.25) is 0 Å². The quantitative estimate of drug-likeness (QED) is 0.912. The summed E-state index contributed by atoms with van der Waals surface area (Å²) in [5, 5.41) is 0. The fourth-order valence-electron chi connectivity index (χ4n) is 2.00. The third-order valence-corrected chi connectivity index (χ3v) is 4.72. The highest BCUT2D eigenvalue weighted by Gasteiger charge is 2.18. The maximum atomic E-state index is 13.1. The molecule has 0 heterocycles. The number of sulfonamides is 1. The predicted molar refractivity (Wildman–Crippen MR) is 81.0 cm³/mol. The minimum Gasteiger partial charge on any atom is -0.326 e. The number of nitrogens with two attached hydrogens (primary N) is 1. The van der Waals surface area contributed by atoms with Crippen LogP contribution in [-0.4, -0.2) is 8.42 Å². The van der Waals surface area contributed by atoms with Crippen LogP contribution in [0.1, 0.15) is 16.7 Å². The van der Waals surface area contributed by atoms with Crippen LogP contribution in [0.25, 0.3) is 0 Å². The largest absolute Gasteiger partial charge is 0.326 e. The smallest absolute Gasteiger partial charge is 0.262 e. The van der Waals surface area contributed by atoms with Crippen molar-refractivity contribution < 1.29 is 12.8 Å². The second-order valence-corrected chi connectivity index (χ2v) is 6.52. The number of benzene rings is 2. The van der Waals surface area contributed by atoms with Gasteiger partial charge >= 0.3 is 0 Å². The van der Waals surface area contributed by atoms with Crippen LogP contribution in [0.5, 0.6) is 0 Å². The average molecular weight is 308 g/mol. The molecule has 4 nitrogen and oxygen atoms in total. The van der Waals surface area contributed by atoms with Gasteiger partial charge in [0.05, 0.1) is 10.6 Å². The number of hydrogen-bond donors (Lipinski definition) is 2. The van der Waals surface area contributed by atoms with E-state index in [4.69, 9.17) is 5.73 Å². The second-order valence-electron chi connectivity index (χ2n) is 4.87. The van der Waals surface area contributed by atoms with Gasteiger partial charge in [0, 0.05) is 6.54 Å². The molecule has 0 bridgehead atoms. The molecule has 2 aromatic rings. The molecule has 0 aliphatic carbocycles. The van der Waals surface area contributed by atoms with Crippen LogP contribution < -0.4 is 10.5 Å². The summed E-state index contributed by atoms with van der Waals surface area (Å²) in [6, 6.07) is 8.96. The summed E-state index contributed by atoms with van der Waals surface area (Å²) in [5.41, 5.74) is 7.78. The molecule has 0 radical (unpaired) electrons. The van der Waals surface area contributed by atoms with E-state index in [-0.39, 0.29) is 11.4 Å². The molecule has 0 aliphatic rings. The normalized spacial score (nSPS) is 11.4. The molecule has 0 amide bonds. The molecule has 0 aliphatic heterocycles. The molecule has 3 N–H and O–H groups in total. The van der Waals surface area contributed by atoms with E-state index in [0.29, 0.717) is 16.8 Å². The van der Waals surface area contributed by atoms with Gasteiger partial charge in [-0.3, -0.25) is 4.72 Å². The van der Waals surface area contributed by atoms with Crippen LogP contribution in [0.3, 0.4) is 0 Å². The first-order valence-corrected chi connectivity index (χ1v) is 7.90. The van der Waals surface area contributed by atoms with Crippen molar-refractivity contribution in [3.8, 4) is 0 Å². The number of nitrogens with one attached hydrogen (secondary N) is 1. The lowest BCUT2D eigenvalue weighted by atomic mass is 10.1. The van der Waals surface area contributed by atoms with Crippen molar-refractivity contribution in [2.75, 3.05) is 4.72 Å². The lowest BCUT2D eigenvalue weighted by Crippen LogP contribution is -2.15. The standard InChI is InChI=1S/C15H17FN2O2S/c1-10-3-4-12(9-17)8-15(10)21(19,20)18-14-6-5-13(16)7-11(14)2/h3-8,18H,9,17H2,1-2H3. The highest BCUT2D eigenvalue weighted by Crippen LogP contribution is 2.23. The van der Waals surface area contributed by atoms with Crippen molar-refractivity contribution in [1.82, 2.24) is 0 Å². The first-order chi connectivity index (χ1) is 9.83. The highest BCUT2D eigenvalue weighted by atomic mass is 32.2. The topological polar surface area (TPSA) is 72.2 Å². The Morgan fingerprint density at radius 3 is 2.43 bits per heavy atom. The molecular weight excluding hydrogens is 291 g/mol. The zero-order chi connectivity index (χ0) is 15.6. The zero-order valence-corrected chi connectivity index (χ0v) is 12.7. The lowest BCUT2D eigenvalue weighted by molar-refractivity contribution is 0.600. The van der Waals surface area contributed by atoms with Crippen LogP contribution in [-0.2, 0) is 16.6 Å². The maximum absolute atomic E-state index is 13.1. The minimum atomic E-state index is -3.74. The number of rotatable bonds is 4. The lowest BCUT2D eigenvalue weighted by Gasteiger charge is -2.13. The van der Waals surface area contributed by atoms with Crippen LogP contribution >= 0.6 is 0 Å². The van der Waals surface area contributed by atoms with E-state index in [2.05, 4.69) is 4.72 Å². The fraction of sp³-hybridized carbons (Fsp3) is 0.200. The summed E-state index contributed by atoms with van der Waals surface area (Å²) in [6.07, 6.45) is 0. The maximum Gasteiger partial charge on any atom is 0.262 e. The summed E-state index contributed by atoms with van der Waals surface area (Å²) in [7, 11) is -3.74. The number of halogens is 1. The molecule has 21 heavy (non-hydrogen) atoms. The first kappa shape index (κ1) is 15.5. The van der Waals surface area contributed by atoms with Crippen LogP contribution in [0.15, 0.2) is 41.3 Å². The van der Waals surface area contributed by atoms with Crippen molar-refractivity contribution in [2.24, 2.45) is 5.73 Å². The molecule has 0 saturated heterocycles. The average Bonchev–Trinajstić information content (AvgIpc) is 2.42. The third-order valence-electron chi connectivity index (χ3n) is 3.21. The Kier molecular flexibility index (Phi) is 4.29. The van der Waals surface area contributed by atoms with Gasteiger partial charge in [-0.15, -0.1) is 0 Å². The fourth-order valence-corrected chi connectivity index (χ4v) is 3.43. The van der Waals surface area contributed by atoms with Gasteiger partial charge in [0.25, 0.3) is 10.0 Å². The van der Waals surface area contributed by atoms with E-state index >= 15 is 0 Å². The SMILES string of the molecule is Cc1cc(F)ccc1NS(=O)(=O)c1cc(CN)ccc1C. The Morgan fingerprint density at radius 2 is 1.81 bits per heavy atom.